The molecule has 0 saturated heterocycles. The van der Waals surface area contributed by atoms with Crippen molar-refractivity contribution in [2.45, 2.75) is 59.2 Å². The molecule has 2 amide bonds. The Morgan fingerprint density at radius 3 is 2.10 bits per heavy atom. The van der Waals surface area contributed by atoms with Crippen molar-refractivity contribution in [3.05, 3.63) is 117 Å². The lowest BCUT2D eigenvalue weighted by atomic mass is 9.61. The highest BCUT2D eigenvalue weighted by Crippen LogP contribution is 2.48. The van der Waals surface area contributed by atoms with Crippen LogP contribution in [0.25, 0.3) is 0 Å². The van der Waals surface area contributed by atoms with Gasteiger partial charge in [0, 0.05) is 29.3 Å². The van der Waals surface area contributed by atoms with Gasteiger partial charge in [-0.2, -0.15) is 0 Å². The molecule has 0 aliphatic heterocycles. The molecule has 8 nitrogen and oxygen atoms in total. The zero-order valence-corrected chi connectivity index (χ0v) is 29.1. The number of hydrogen-bond acceptors (Lipinski definition) is 6. The molecule has 1 aliphatic rings. The molecule has 49 heavy (non-hydrogen) atoms. The van der Waals surface area contributed by atoms with E-state index in [1.165, 1.54) is 26.2 Å². The van der Waals surface area contributed by atoms with Crippen LogP contribution in [0.15, 0.2) is 72.8 Å². The van der Waals surface area contributed by atoms with E-state index in [2.05, 4.69) is 10.6 Å². The average Bonchev–Trinajstić information content (AvgIpc) is 3.03. The SMILES string of the molecule is COc1cc(C2C(C(=O)Nc3cc(C)ccc3C)C(=O)CC(C)(O)C2C(=O)Nc2cc(C)ccc2C)ccc1OCc1c(F)cccc1Cl. The molecule has 1 aliphatic carbocycles. The number of methoxy groups -OCH3 is 1. The number of halogens is 2. The van der Waals surface area contributed by atoms with Gasteiger partial charge < -0.3 is 25.2 Å². The highest BCUT2D eigenvalue weighted by Gasteiger charge is 2.56. The summed E-state index contributed by atoms with van der Waals surface area (Å²) in [6, 6.07) is 20.3. The van der Waals surface area contributed by atoms with Crippen LogP contribution < -0.4 is 20.1 Å². The highest BCUT2D eigenvalue weighted by atomic mass is 35.5. The van der Waals surface area contributed by atoms with Crippen molar-refractivity contribution >= 4 is 40.6 Å². The van der Waals surface area contributed by atoms with E-state index in [0.717, 1.165) is 22.3 Å². The topological polar surface area (TPSA) is 114 Å². The van der Waals surface area contributed by atoms with Crippen LogP contribution in [0.4, 0.5) is 15.8 Å². The Balaban J connectivity index is 1.59. The Morgan fingerprint density at radius 2 is 1.51 bits per heavy atom. The molecule has 0 aromatic heterocycles. The van der Waals surface area contributed by atoms with Gasteiger partial charge in [-0.1, -0.05) is 48.0 Å². The number of aliphatic hydroxyl groups is 1. The number of ether oxygens (including phenoxy) is 2. The number of benzene rings is 4. The van der Waals surface area contributed by atoms with Crippen molar-refractivity contribution in [2.75, 3.05) is 17.7 Å². The van der Waals surface area contributed by atoms with Gasteiger partial charge in [0.1, 0.15) is 24.1 Å². The second-order valence-electron chi connectivity index (χ2n) is 13.0. The quantitative estimate of drug-likeness (QED) is 0.156. The van der Waals surface area contributed by atoms with Gasteiger partial charge >= 0.3 is 0 Å². The molecule has 3 N–H and O–H groups in total. The molecule has 0 bridgehead atoms. The van der Waals surface area contributed by atoms with E-state index in [4.69, 9.17) is 21.1 Å². The first-order chi connectivity index (χ1) is 23.2. The van der Waals surface area contributed by atoms with Crippen LogP contribution in [0.3, 0.4) is 0 Å². The normalized spacial score (nSPS) is 20.4. The summed E-state index contributed by atoms with van der Waals surface area (Å²) in [7, 11) is 1.42. The number of nitrogens with one attached hydrogen (secondary N) is 2. The molecule has 4 atom stereocenters. The largest absolute Gasteiger partial charge is 0.493 e. The van der Waals surface area contributed by atoms with E-state index in [-0.39, 0.29) is 28.7 Å². The fraction of sp³-hybridized carbons (Fsp3) is 0.308. The second-order valence-corrected chi connectivity index (χ2v) is 13.4. The van der Waals surface area contributed by atoms with Crippen molar-refractivity contribution < 1.29 is 33.4 Å². The third-order valence-electron chi connectivity index (χ3n) is 9.14. The van der Waals surface area contributed by atoms with Gasteiger partial charge in [0.25, 0.3) is 0 Å². The molecule has 0 radical (unpaired) electrons. The third kappa shape index (κ3) is 7.63. The lowest BCUT2D eigenvalue weighted by Crippen LogP contribution is -2.56. The minimum absolute atomic E-state index is 0.163. The Labute approximate surface area is 290 Å². The molecule has 0 spiro atoms. The summed E-state index contributed by atoms with van der Waals surface area (Å²) in [4.78, 5) is 42.3. The first kappa shape index (κ1) is 35.6. The molecule has 5 rings (SSSR count). The molecular weight excluding hydrogens is 647 g/mol. The molecule has 1 saturated carbocycles. The van der Waals surface area contributed by atoms with Crippen molar-refractivity contribution in [3.8, 4) is 11.5 Å². The van der Waals surface area contributed by atoms with Gasteiger partial charge in [0.15, 0.2) is 11.5 Å². The Bertz CT molecular complexity index is 1910. The highest BCUT2D eigenvalue weighted by molar-refractivity contribution is 6.31. The van der Waals surface area contributed by atoms with Gasteiger partial charge in [-0.15, -0.1) is 0 Å². The van der Waals surface area contributed by atoms with Crippen molar-refractivity contribution in [2.24, 2.45) is 11.8 Å². The van der Waals surface area contributed by atoms with Crippen LogP contribution >= 0.6 is 11.6 Å². The summed E-state index contributed by atoms with van der Waals surface area (Å²) in [6.45, 7) is 8.74. The lowest BCUT2D eigenvalue weighted by molar-refractivity contribution is -0.150. The number of Topliss-reactive ketones (excluding diaryl/α,β-unsaturated/α-hetero) is 1. The maximum absolute atomic E-state index is 14.5. The van der Waals surface area contributed by atoms with E-state index < -0.39 is 53.2 Å². The van der Waals surface area contributed by atoms with Crippen LogP contribution in [0.5, 0.6) is 11.5 Å². The number of aryl methyl sites for hydroxylation is 4. The monoisotopic (exact) mass is 686 g/mol. The number of rotatable bonds is 9. The maximum atomic E-state index is 14.5. The average molecular weight is 687 g/mol. The van der Waals surface area contributed by atoms with E-state index in [9.17, 15) is 23.9 Å². The maximum Gasteiger partial charge on any atom is 0.235 e. The molecule has 4 aromatic rings. The predicted molar refractivity (Wildman–Crippen MR) is 188 cm³/mol. The summed E-state index contributed by atoms with van der Waals surface area (Å²) in [5.41, 5.74) is 3.28. The van der Waals surface area contributed by atoms with Gasteiger partial charge in [-0.05, 0) is 98.8 Å². The molecule has 4 aromatic carbocycles. The third-order valence-corrected chi connectivity index (χ3v) is 9.49. The molecule has 10 heteroatoms. The summed E-state index contributed by atoms with van der Waals surface area (Å²) in [6.07, 6.45) is -0.416. The molecule has 0 heterocycles. The minimum atomic E-state index is -1.82. The van der Waals surface area contributed by atoms with Crippen molar-refractivity contribution in [1.82, 2.24) is 0 Å². The number of ketones is 1. The fourth-order valence-corrected chi connectivity index (χ4v) is 6.70. The second kappa shape index (κ2) is 14.4. The fourth-order valence-electron chi connectivity index (χ4n) is 6.48. The predicted octanol–water partition coefficient (Wildman–Crippen LogP) is 7.62. The first-order valence-corrected chi connectivity index (χ1v) is 16.3. The van der Waals surface area contributed by atoms with Gasteiger partial charge in [0.05, 0.1) is 23.7 Å². The zero-order chi connectivity index (χ0) is 35.6. The number of hydrogen-bond donors (Lipinski definition) is 3. The summed E-state index contributed by atoms with van der Waals surface area (Å²) in [5.74, 6) is -5.43. The standard InChI is InChI=1S/C39H40ClFN2O6/c1-21-10-12-23(3)29(16-21)42-37(45)35-31(44)19-39(5,47)36(38(46)43-30-17-22(2)11-13-24(30)4)34(35)25-14-15-32(33(18-25)48-6)49-20-26-27(40)8-7-9-28(26)41/h7-18,34-36,47H,19-20H2,1-6H3,(H,42,45)(H,43,46). The summed E-state index contributed by atoms with van der Waals surface area (Å²) < 4.78 is 26.0. The van der Waals surface area contributed by atoms with Crippen LogP contribution in [0.2, 0.25) is 5.02 Å². The van der Waals surface area contributed by atoms with Crippen LogP contribution in [0, 0.1) is 45.3 Å². The van der Waals surface area contributed by atoms with Crippen LogP contribution in [-0.2, 0) is 21.0 Å². The zero-order valence-electron chi connectivity index (χ0n) is 28.3. The molecule has 1 fully saturated rings. The minimum Gasteiger partial charge on any atom is -0.493 e. The Morgan fingerprint density at radius 1 is 0.898 bits per heavy atom. The van der Waals surface area contributed by atoms with Gasteiger partial charge in [0.2, 0.25) is 11.8 Å². The van der Waals surface area contributed by atoms with Crippen molar-refractivity contribution in [1.29, 1.82) is 0 Å². The number of carbonyl (C=O) groups excluding carboxylic acids is 3. The van der Waals surface area contributed by atoms with E-state index >= 15 is 0 Å². The summed E-state index contributed by atoms with van der Waals surface area (Å²) >= 11 is 6.20. The lowest BCUT2D eigenvalue weighted by Gasteiger charge is -2.44. The summed E-state index contributed by atoms with van der Waals surface area (Å²) in [5, 5.41) is 17.9. The Hall–Kier alpha value is -4.73. The van der Waals surface area contributed by atoms with Gasteiger partial charge in [-0.25, -0.2) is 4.39 Å². The van der Waals surface area contributed by atoms with Crippen LogP contribution in [-0.4, -0.2) is 35.4 Å². The van der Waals surface area contributed by atoms with E-state index in [1.54, 1.807) is 24.3 Å². The smallest absolute Gasteiger partial charge is 0.235 e. The number of amides is 2. The first-order valence-electron chi connectivity index (χ1n) is 15.9. The van der Waals surface area contributed by atoms with Crippen LogP contribution in [0.1, 0.15) is 52.6 Å². The molecule has 256 valence electrons. The number of anilines is 2. The van der Waals surface area contributed by atoms with E-state index in [0.29, 0.717) is 16.9 Å². The Kier molecular flexibility index (Phi) is 10.5. The van der Waals surface area contributed by atoms with Crippen molar-refractivity contribution in [3.63, 3.8) is 0 Å². The number of carbonyl (C=O) groups is 3. The molecular formula is C39H40ClFN2O6. The molecule has 4 unspecified atom stereocenters. The van der Waals surface area contributed by atoms with Gasteiger partial charge in [-0.3, -0.25) is 14.4 Å². The van der Waals surface area contributed by atoms with E-state index in [1.807, 2.05) is 64.1 Å².